The molecule has 0 aliphatic heterocycles. The number of hydrogen-bond donors (Lipinski definition) is 2. The maximum Gasteiger partial charge on any atom is 0.250 e. The molecule has 1 aromatic carbocycles. The number of benzene rings is 1. The van der Waals surface area contributed by atoms with Crippen molar-refractivity contribution in [2.75, 3.05) is 0 Å². The fourth-order valence-corrected chi connectivity index (χ4v) is 1.44. The minimum atomic E-state index is -0.405. The molecule has 0 heterocycles. The number of rotatable bonds is 2. The minimum absolute atomic E-state index is 0.345. The van der Waals surface area contributed by atoms with Crippen molar-refractivity contribution in [3.05, 3.63) is 34.3 Å². The van der Waals surface area contributed by atoms with Crippen molar-refractivity contribution in [3.8, 4) is 0 Å². The summed E-state index contributed by atoms with van der Waals surface area (Å²) in [6.07, 6.45) is 0. The molecule has 4 heteroatoms. The smallest absolute Gasteiger partial charge is 0.250 e. The summed E-state index contributed by atoms with van der Waals surface area (Å²) >= 11 is 3.31. The van der Waals surface area contributed by atoms with Gasteiger partial charge in [0.25, 0.3) is 5.91 Å². The molecule has 2 N–H and O–H groups in total. The lowest BCUT2D eigenvalue weighted by molar-refractivity contribution is -0.130. The van der Waals surface area contributed by atoms with Gasteiger partial charge in [-0.3, -0.25) is 10.0 Å². The van der Waals surface area contributed by atoms with Gasteiger partial charge in [-0.1, -0.05) is 28.1 Å². The van der Waals surface area contributed by atoms with Crippen LogP contribution in [0.3, 0.4) is 0 Å². The van der Waals surface area contributed by atoms with E-state index in [0.29, 0.717) is 0 Å². The van der Waals surface area contributed by atoms with Gasteiger partial charge in [0.15, 0.2) is 0 Å². The summed E-state index contributed by atoms with van der Waals surface area (Å²) in [5.74, 6) is -0.749. The summed E-state index contributed by atoms with van der Waals surface area (Å²) in [5, 5.41) is 8.42. The van der Waals surface area contributed by atoms with Gasteiger partial charge in [-0.25, -0.2) is 5.48 Å². The van der Waals surface area contributed by atoms with Gasteiger partial charge in [-0.2, -0.15) is 0 Å². The van der Waals surface area contributed by atoms with Crippen LogP contribution in [-0.2, 0) is 4.79 Å². The van der Waals surface area contributed by atoms with Crippen LogP contribution in [0.2, 0.25) is 0 Å². The van der Waals surface area contributed by atoms with E-state index in [1.54, 1.807) is 12.4 Å². The Hall–Kier alpha value is -0.870. The maximum atomic E-state index is 11.0. The Kier molecular flexibility index (Phi) is 3.45. The molecule has 0 bridgehead atoms. The summed E-state index contributed by atoms with van der Waals surface area (Å²) in [6.45, 7) is 1.73. The van der Waals surface area contributed by atoms with Crippen molar-refractivity contribution in [2.24, 2.45) is 0 Å². The van der Waals surface area contributed by atoms with Crippen molar-refractivity contribution in [2.45, 2.75) is 12.8 Å². The molecule has 0 aromatic heterocycles. The Balaban J connectivity index is 2.88. The minimum Gasteiger partial charge on any atom is -0.289 e. The van der Waals surface area contributed by atoms with E-state index < -0.39 is 5.91 Å². The average Bonchev–Trinajstić information content (AvgIpc) is 2.15. The van der Waals surface area contributed by atoms with Crippen molar-refractivity contribution in [1.29, 1.82) is 0 Å². The highest BCUT2D eigenvalue weighted by Crippen LogP contribution is 2.19. The zero-order chi connectivity index (χ0) is 9.84. The fraction of sp³-hybridized carbons (Fsp3) is 0.222. The van der Waals surface area contributed by atoms with Crippen LogP contribution in [0.25, 0.3) is 0 Å². The fourth-order valence-electron chi connectivity index (χ4n) is 1.02. The second kappa shape index (κ2) is 4.39. The molecule has 70 valence electrons. The van der Waals surface area contributed by atoms with E-state index >= 15 is 0 Å². The largest absolute Gasteiger partial charge is 0.289 e. The molecule has 0 spiro atoms. The molecule has 0 radical (unpaired) electrons. The van der Waals surface area contributed by atoms with E-state index in [2.05, 4.69) is 15.9 Å². The zero-order valence-electron chi connectivity index (χ0n) is 7.12. The van der Waals surface area contributed by atoms with E-state index in [4.69, 9.17) is 5.21 Å². The second-order valence-electron chi connectivity index (χ2n) is 2.75. The Bertz CT molecular complexity index is 314. The normalized spacial score (nSPS) is 12.2. The van der Waals surface area contributed by atoms with Gasteiger partial charge >= 0.3 is 0 Å². The van der Waals surface area contributed by atoms with Crippen LogP contribution < -0.4 is 5.48 Å². The summed E-state index contributed by atoms with van der Waals surface area (Å²) in [7, 11) is 0. The highest BCUT2D eigenvalue weighted by atomic mass is 79.9. The summed E-state index contributed by atoms with van der Waals surface area (Å²) < 4.78 is 0.919. The molecule has 0 saturated carbocycles. The van der Waals surface area contributed by atoms with E-state index in [0.717, 1.165) is 10.0 Å². The molecule has 13 heavy (non-hydrogen) atoms. The predicted octanol–water partition coefficient (Wildman–Crippen LogP) is 2.06. The first kappa shape index (κ1) is 10.2. The third-order valence-corrected chi connectivity index (χ3v) is 2.35. The molecule has 1 amide bonds. The standard InChI is InChI=1S/C9H10BrNO2/c1-6(9(12)11-13)7-3-2-4-8(10)5-7/h2-6,13H,1H3,(H,11,12). The number of carbonyl (C=O) groups is 1. The van der Waals surface area contributed by atoms with E-state index in [1.807, 2.05) is 24.3 Å². The van der Waals surface area contributed by atoms with Gasteiger partial charge in [0.05, 0.1) is 5.92 Å². The summed E-state index contributed by atoms with van der Waals surface area (Å²) in [4.78, 5) is 11.0. The van der Waals surface area contributed by atoms with Crippen molar-refractivity contribution in [1.82, 2.24) is 5.48 Å². The molecule has 0 aliphatic rings. The molecule has 1 atom stereocenters. The lowest BCUT2D eigenvalue weighted by atomic mass is 10.0. The molecule has 1 rings (SSSR count). The average molecular weight is 244 g/mol. The highest BCUT2D eigenvalue weighted by Gasteiger charge is 2.13. The van der Waals surface area contributed by atoms with E-state index in [1.165, 1.54) is 0 Å². The first-order chi connectivity index (χ1) is 6.15. The van der Waals surface area contributed by atoms with Gasteiger partial charge < -0.3 is 0 Å². The lowest BCUT2D eigenvalue weighted by Crippen LogP contribution is -2.24. The van der Waals surface area contributed by atoms with Crippen LogP contribution >= 0.6 is 15.9 Å². The SMILES string of the molecule is CC(C(=O)NO)c1cccc(Br)c1. The number of nitrogens with one attached hydrogen (secondary N) is 1. The number of halogens is 1. The molecule has 0 saturated heterocycles. The molecule has 0 aliphatic carbocycles. The Morgan fingerprint density at radius 1 is 1.62 bits per heavy atom. The molecule has 1 unspecified atom stereocenters. The number of hydrogen-bond acceptors (Lipinski definition) is 2. The van der Waals surface area contributed by atoms with Crippen LogP contribution in [0.4, 0.5) is 0 Å². The molecule has 3 nitrogen and oxygen atoms in total. The third-order valence-electron chi connectivity index (χ3n) is 1.85. The van der Waals surface area contributed by atoms with Gasteiger partial charge in [0.1, 0.15) is 0 Å². The van der Waals surface area contributed by atoms with Gasteiger partial charge in [-0.15, -0.1) is 0 Å². The van der Waals surface area contributed by atoms with E-state index in [9.17, 15) is 4.79 Å². The summed E-state index contributed by atoms with van der Waals surface area (Å²) in [6, 6.07) is 7.41. The van der Waals surface area contributed by atoms with Gasteiger partial charge in [0.2, 0.25) is 0 Å². The second-order valence-corrected chi connectivity index (χ2v) is 3.67. The van der Waals surface area contributed by atoms with Gasteiger partial charge in [0, 0.05) is 4.47 Å². The molecule has 1 aromatic rings. The maximum absolute atomic E-state index is 11.0. The van der Waals surface area contributed by atoms with E-state index in [-0.39, 0.29) is 5.92 Å². The number of hydroxylamine groups is 1. The number of amides is 1. The monoisotopic (exact) mass is 243 g/mol. The third kappa shape index (κ3) is 2.54. The van der Waals surface area contributed by atoms with Crippen LogP contribution in [0, 0.1) is 0 Å². The Morgan fingerprint density at radius 3 is 2.85 bits per heavy atom. The molecule has 0 fully saturated rings. The summed E-state index contributed by atoms with van der Waals surface area (Å²) in [5.41, 5.74) is 2.49. The van der Waals surface area contributed by atoms with Crippen molar-refractivity contribution >= 4 is 21.8 Å². The highest BCUT2D eigenvalue weighted by molar-refractivity contribution is 9.10. The predicted molar refractivity (Wildman–Crippen MR) is 52.5 cm³/mol. The van der Waals surface area contributed by atoms with Crippen LogP contribution in [0.5, 0.6) is 0 Å². The topological polar surface area (TPSA) is 49.3 Å². The van der Waals surface area contributed by atoms with Crippen molar-refractivity contribution < 1.29 is 10.0 Å². The molecular formula is C9H10BrNO2. The first-order valence-corrected chi connectivity index (χ1v) is 4.64. The van der Waals surface area contributed by atoms with Crippen molar-refractivity contribution in [3.63, 3.8) is 0 Å². The quantitative estimate of drug-likeness (QED) is 0.618. The molecular weight excluding hydrogens is 234 g/mol. The van der Waals surface area contributed by atoms with Gasteiger partial charge in [-0.05, 0) is 24.6 Å². The van der Waals surface area contributed by atoms with Crippen LogP contribution in [0.15, 0.2) is 28.7 Å². The van der Waals surface area contributed by atoms with Crippen LogP contribution in [-0.4, -0.2) is 11.1 Å². The lowest BCUT2D eigenvalue weighted by Gasteiger charge is -2.09. The van der Waals surface area contributed by atoms with Crippen LogP contribution in [0.1, 0.15) is 18.4 Å². The zero-order valence-corrected chi connectivity index (χ0v) is 8.71. The Labute approximate surface area is 84.9 Å². The first-order valence-electron chi connectivity index (χ1n) is 3.84. The Morgan fingerprint density at radius 2 is 2.31 bits per heavy atom. The number of carbonyl (C=O) groups excluding carboxylic acids is 1.